The van der Waals surface area contributed by atoms with Gasteiger partial charge in [-0.1, -0.05) is 20.8 Å². The summed E-state index contributed by atoms with van der Waals surface area (Å²) in [5.41, 5.74) is 1.23. The summed E-state index contributed by atoms with van der Waals surface area (Å²) in [6.45, 7) is 6.38. The Morgan fingerprint density at radius 1 is 1.24 bits per heavy atom. The highest BCUT2D eigenvalue weighted by Crippen LogP contribution is 2.66. The molecule has 0 saturated heterocycles. The van der Waals surface area contributed by atoms with E-state index >= 15 is 0 Å². The molecule has 0 spiro atoms. The molecule has 3 rings (SSSR count). The van der Waals surface area contributed by atoms with Crippen molar-refractivity contribution < 1.29 is 10.0 Å². The van der Waals surface area contributed by atoms with E-state index in [-0.39, 0.29) is 28.2 Å². The number of non-ortho nitro benzene ring substituents is 1. The summed E-state index contributed by atoms with van der Waals surface area (Å²) < 4.78 is 0. The maximum atomic E-state index is 12.7. The van der Waals surface area contributed by atoms with Crippen LogP contribution in [0.15, 0.2) is 35.7 Å². The fourth-order valence-corrected chi connectivity index (χ4v) is 3.83. The lowest BCUT2D eigenvalue weighted by Gasteiger charge is -2.39. The minimum Gasteiger partial charge on any atom is -0.874 e. The Balaban J connectivity index is 1.89. The zero-order valence-electron chi connectivity index (χ0n) is 12.5. The molecule has 1 aromatic carbocycles. The number of nitro groups is 1. The van der Waals surface area contributed by atoms with E-state index in [1.807, 2.05) is 0 Å². The van der Waals surface area contributed by atoms with Gasteiger partial charge in [0.25, 0.3) is 5.69 Å². The highest BCUT2D eigenvalue weighted by atomic mass is 16.6. The Morgan fingerprint density at radius 3 is 2.33 bits per heavy atom. The standard InChI is InChI=1S/C16H20N2O3/c1-15(2)12-8-9-16(15,3)14(19)13(12)17-10-4-6-11(7-5-10)18(20)21/h4-7,12,17,19H,8-9H2,1-3H3/p-1. The minimum atomic E-state index is -0.427. The Kier molecular flexibility index (Phi) is 2.80. The maximum Gasteiger partial charge on any atom is 0.269 e. The Bertz CT molecular complexity index is 633. The van der Waals surface area contributed by atoms with Crippen molar-refractivity contribution in [3.05, 3.63) is 45.8 Å². The summed E-state index contributed by atoms with van der Waals surface area (Å²) in [6, 6.07) is 6.21. The third-order valence-electron chi connectivity index (χ3n) is 5.68. The molecule has 21 heavy (non-hydrogen) atoms. The lowest BCUT2D eigenvalue weighted by Crippen LogP contribution is -2.33. The van der Waals surface area contributed by atoms with Gasteiger partial charge in [-0.2, -0.15) is 0 Å². The fourth-order valence-electron chi connectivity index (χ4n) is 3.83. The number of nitrogens with one attached hydrogen (secondary N) is 1. The van der Waals surface area contributed by atoms with Gasteiger partial charge in [0.1, 0.15) is 0 Å². The maximum absolute atomic E-state index is 12.7. The molecule has 0 amide bonds. The zero-order chi connectivity index (χ0) is 15.4. The van der Waals surface area contributed by atoms with Crippen molar-refractivity contribution in [1.29, 1.82) is 0 Å². The van der Waals surface area contributed by atoms with Gasteiger partial charge >= 0.3 is 0 Å². The van der Waals surface area contributed by atoms with E-state index in [0.29, 0.717) is 0 Å². The Labute approximate surface area is 123 Å². The SMILES string of the molecule is CC12CCC(C(Nc3ccc([N+](=O)[O-])cc3)=C1[O-])C2(C)C. The molecule has 1 fully saturated rings. The molecule has 2 aliphatic carbocycles. The number of hydrogen-bond acceptors (Lipinski definition) is 4. The summed E-state index contributed by atoms with van der Waals surface area (Å²) in [5.74, 6) is 0.437. The lowest BCUT2D eigenvalue weighted by molar-refractivity contribution is -0.384. The molecule has 2 bridgehead atoms. The second-order valence-corrected chi connectivity index (χ2v) is 6.82. The number of nitrogens with zero attached hydrogens (tertiary/aromatic N) is 1. The van der Waals surface area contributed by atoms with Crippen LogP contribution in [0.1, 0.15) is 33.6 Å². The normalized spacial score (nSPS) is 29.8. The van der Waals surface area contributed by atoms with Gasteiger partial charge in [-0.25, -0.2) is 0 Å². The first-order chi connectivity index (χ1) is 9.77. The predicted molar refractivity (Wildman–Crippen MR) is 78.4 cm³/mol. The number of nitro benzene ring substituents is 1. The molecule has 1 saturated carbocycles. The van der Waals surface area contributed by atoms with E-state index in [0.717, 1.165) is 24.2 Å². The highest BCUT2D eigenvalue weighted by molar-refractivity contribution is 5.55. The molecule has 2 aliphatic rings. The summed E-state index contributed by atoms with van der Waals surface area (Å²) >= 11 is 0. The third kappa shape index (κ3) is 1.76. The summed E-state index contributed by atoms with van der Waals surface area (Å²) in [7, 11) is 0. The first-order valence-electron chi connectivity index (χ1n) is 7.20. The smallest absolute Gasteiger partial charge is 0.269 e. The summed E-state index contributed by atoms with van der Waals surface area (Å²) in [5, 5.41) is 26.6. The molecular weight excluding hydrogens is 268 g/mol. The number of fused-ring (bicyclic) bond motifs is 2. The van der Waals surface area contributed by atoms with Gasteiger partial charge in [0.2, 0.25) is 0 Å². The van der Waals surface area contributed by atoms with E-state index in [4.69, 9.17) is 0 Å². The predicted octanol–water partition coefficient (Wildman–Crippen LogP) is 3.03. The van der Waals surface area contributed by atoms with Crippen LogP contribution in [0.25, 0.3) is 0 Å². The van der Waals surface area contributed by atoms with Gasteiger partial charge in [0.15, 0.2) is 0 Å². The van der Waals surface area contributed by atoms with Gasteiger partial charge in [-0.15, -0.1) is 5.76 Å². The highest BCUT2D eigenvalue weighted by Gasteiger charge is 2.57. The third-order valence-corrected chi connectivity index (χ3v) is 5.68. The van der Waals surface area contributed by atoms with Crippen LogP contribution in [-0.2, 0) is 0 Å². The van der Waals surface area contributed by atoms with Crippen LogP contribution >= 0.6 is 0 Å². The van der Waals surface area contributed by atoms with Gasteiger partial charge in [-0.3, -0.25) is 10.1 Å². The number of anilines is 1. The number of benzene rings is 1. The molecule has 2 unspecified atom stereocenters. The molecule has 0 aliphatic heterocycles. The summed E-state index contributed by atoms with van der Waals surface area (Å²) in [6.07, 6.45) is 1.96. The molecule has 1 aromatic rings. The number of rotatable bonds is 3. The largest absolute Gasteiger partial charge is 0.874 e. The van der Waals surface area contributed by atoms with E-state index in [9.17, 15) is 15.2 Å². The molecular formula is C16H19N2O3-. The first-order valence-corrected chi connectivity index (χ1v) is 7.20. The minimum absolute atomic E-state index is 0.0345. The van der Waals surface area contributed by atoms with Gasteiger partial charge in [-0.05, 0) is 35.8 Å². The topological polar surface area (TPSA) is 78.2 Å². The van der Waals surface area contributed by atoms with Crippen molar-refractivity contribution in [1.82, 2.24) is 0 Å². The average Bonchev–Trinajstić information content (AvgIpc) is 2.74. The summed E-state index contributed by atoms with van der Waals surface area (Å²) in [4.78, 5) is 10.2. The van der Waals surface area contributed by atoms with Crippen molar-refractivity contribution in [2.75, 3.05) is 5.32 Å². The van der Waals surface area contributed by atoms with E-state index in [1.165, 1.54) is 12.1 Å². The fraction of sp³-hybridized carbons (Fsp3) is 0.500. The molecule has 1 N–H and O–H groups in total. The van der Waals surface area contributed by atoms with Crippen LogP contribution in [0.4, 0.5) is 11.4 Å². The molecule has 112 valence electrons. The van der Waals surface area contributed by atoms with E-state index in [1.54, 1.807) is 12.1 Å². The van der Waals surface area contributed by atoms with Crippen LogP contribution in [0.3, 0.4) is 0 Å². The van der Waals surface area contributed by atoms with Crippen LogP contribution in [0.2, 0.25) is 0 Å². The molecule has 0 heterocycles. The first kappa shape index (κ1) is 13.9. The number of allylic oxidation sites excluding steroid dienone is 2. The van der Waals surface area contributed by atoms with Crippen molar-refractivity contribution in [2.24, 2.45) is 16.7 Å². The molecule has 2 atom stereocenters. The van der Waals surface area contributed by atoms with E-state index < -0.39 is 4.92 Å². The second kappa shape index (κ2) is 4.23. The molecule has 5 heteroatoms. The average molecular weight is 287 g/mol. The van der Waals surface area contributed by atoms with Crippen molar-refractivity contribution in [3.8, 4) is 0 Å². The number of hydrogen-bond donors (Lipinski definition) is 1. The molecule has 5 nitrogen and oxygen atoms in total. The van der Waals surface area contributed by atoms with Crippen LogP contribution in [0, 0.1) is 26.9 Å². The molecule has 0 aromatic heterocycles. The van der Waals surface area contributed by atoms with Crippen molar-refractivity contribution in [2.45, 2.75) is 33.6 Å². The molecule has 0 radical (unpaired) electrons. The second-order valence-electron chi connectivity index (χ2n) is 6.82. The van der Waals surface area contributed by atoms with Gasteiger partial charge in [0.05, 0.1) is 4.92 Å². The zero-order valence-corrected chi connectivity index (χ0v) is 12.5. The van der Waals surface area contributed by atoms with Crippen molar-refractivity contribution in [3.63, 3.8) is 0 Å². The van der Waals surface area contributed by atoms with Gasteiger partial charge < -0.3 is 10.4 Å². The monoisotopic (exact) mass is 287 g/mol. The van der Waals surface area contributed by atoms with Crippen LogP contribution in [-0.4, -0.2) is 4.92 Å². The lowest BCUT2D eigenvalue weighted by atomic mass is 9.70. The van der Waals surface area contributed by atoms with E-state index in [2.05, 4.69) is 26.1 Å². The van der Waals surface area contributed by atoms with Crippen molar-refractivity contribution >= 4 is 11.4 Å². The van der Waals surface area contributed by atoms with Gasteiger partial charge in [0, 0.05) is 29.4 Å². The van der Waals surface area contributed by atoms with Crippen LogP contribution in [0.5, 0.6) is 0 Å². The Hall–Kier alpha value is -2.04. The quantitative estimate of drug-likeness (QED) is 0.684. The Morgan fingerprint density at radius 2 is 1.86 bits per heavy atom. The van der Waals surface area contributed by atoms with Crippen LogP contribution < -0.4 is 10.4 Å².